The second kappa shape index (κ2) is 3.34. The molecule has 0 radical (unpaired) electrons. The summed E-state index contributed by atoms with van der Waals surface area (Å²) in [4.78, 5) is 9.98. The van der Waals surface area contributed by atoms with Crippen molar-refractivity contribution in [3.8, 4) is 0 Å². The van der Waals surface area contributed by atoms with Crippen molar-refractivity contribution in [3.05, 3.63) is 45.0 Å². The first-order valence-electron chi connectivity index (χ1n) is 3.78. The molecule has 0 fully saturated rings. The van der Waals surface area contributed by atoms with Crippen molar-refractivity contribution in [1.29, 1.82) is 0 Å². The average Bonchev–Trinajstić information content (AvgIpc) is 1.97. The van der Waals surface area contributed by atoms with E-state index in [1.54, 1.807) is 0 Å². The highest BCUT2D eigenvalue weighted by molar-refractivity contribution is 5.32. The van der Waals surface area contributed by atoms with Crippen LogP contribution in [0, 0.1) is 24.0 Å². The summed E-state index contributed by atoms with van der Waals surface area (Å²) in [6, 6.07) is 5.70. The molecule has 0 unspecified atom stereocenters. The van der Waals surface area contributed by atoms with Gasteiger partial charge in [-0.05, 0) is 25.0 Å². The summed E-state index contributed by atoms with van der Waals surface area (Å²) in [7, 11) is 0. The Kier molecular flexibility index (Phi) is 2.43. The van der Waals surface area contributed by atoms with E-state index in [0.717, 1.165) is 16.7 Å². The Bertz CT molecular complexity index is 287. The first kappa shape index (κ1) is 8.71. The zero-order valence-electron chi connectivity index (χ0n) is 7.20. The highest BCUT2D eigenvalue weighted by atomic mass is 16.6. The van der Waals surface area contributed by atoms with Crippen LogP contribution in [-0.4, -0.2) is 4.92 Å². The minimum atomic E-state index is -0.296. The lowest BCUT2D eigenvalue weighted by molar-refractivity contribution is -0.497. The third-order valence-corrected chi connectivity index (χ3v) is 1.93. The van der Waals surface area contributed by atoms with Crippen LogP contribution in [-0.2, 0) is 6.54 Å². The maximum Gasteiger partial charge on any atom is 0.229 e. The molecule has 3 heteroatoms. The van der Waals surface area contributed by atoms with Gasteiger partial charge in [-0.2, -0.15) is 0 Å². The van der Waals surface area contributed by atoms with Gasteiger partial charge in [-0.3, -0.25) is 10.1 Å². The number of aryl methyl sites for hydroxylation is 2. The molecule has 0 saturated heterocycles. The zero-order valence-corrected chi connectivity index (χ0v) is 7.20. The first-order chi connectivity index (χ1) is 5.61. The van der Waals surface area contributed by atoms with Crippen LogP contribution in [0.25, 0.3) is 0 Å². The second-order valence-corrected chi connectivity index (χ2v) is 2.86. The van der Waals surface area contributed by atoms with E-state index in [0.29, 0.717) is 0 Å². The molecule has 0 spiro atoms. The van der Waals surface area contributed by atoms with Crippen LogP contribution in [0.4, 0.5) is 0 Å². The highest BCUT2D eigenvalue weighted by Gasteiger charge is 2.07. The summed E-state index contributed by atoms with van der Waals surface area (Å²) in [6.45, 7) is 3.72. The summed E-state index contributed by atoms with van der Waals surface area (Å²) in [5.74, 6) is 0. The number of hydrogen-bond acceptors (Lipinski definition) is 2. The van der Waals surface area contributed by atoms with Crippen LogP contribution in [0.1, 0.15) is 16.7 Å². The lowest BCUT2D eigenvalue weighted by Gasteiger charge is -2.03. The molecule has 0 aliphatic heterocycles. The van der Waals surface area contributed by atoms with Gasteiger partial charge in [0.25, 0.3) is 0 Å². The van der Waals surface area contributed by atoms with Crippen molar-refractivity contribution in [3.63, 3.8) is 0 Å². The lowest BCUT2D eigenvalue weighted by atomic mass is 10.0. The lowest BCUT2D eigenvalue weighted by Crippen LogP contribution is -2.02. The third-order valence-electron chi connectivity index (χ3n) is 1.93. The van der Waals surface area contributed by atoms with E-state index in [1.165, 1.54) is 0 Å². The molecule has 0 amide bonds. The monoisotopic (exact) mass is 165 g/mol. The van der Waals surface area contributed by atoms with Crippen LogP contribution in [0.2, 0.25) is 0 Å². The van der Waals surface area contributed by atoms with Gasteiger partial charge in [0, 0.05) is 10.5 Å². The normalized spacial score (nSPS) is 9.83. The van der Waals surface area contributed by atoms with Crippen LogP contribution in [0.3, 0.4) is 0 Å². The maximum atomic E-state index is 10.3. The summed E-state index contributed by atoms with van der Waals surface area (Å²) in [5, 5.41) is 10.3. The number of benzene rings is 1. The van der Waals surface area contributed by atoms with E-state index in [4.69, 9.17) is 0 Å². The van der Waals surface area contributed by atoms with Gasteiger partial charge < -0.3 is 0 Å². The van der Waals surface area contributed by atoms with E-state index in [2.05, 4.69) is 0 Å². The molecule has 0 atom stereocenters. The van der Waals surface area contributed by atoms with Gasteiger partial charge in [0.05, 0.1) is 0 Å². The van der Waals surface area contributed by atoms with Crippen molar-refractivity contribution in [2.24, 2.45) is 0 Å². The number of rotatable bonds is 2. The van der Waals surface area contributed by atoms with Gasteiger partial charge >= 0.3 is 0 Å². The van der Waals surface area contributed by atoms with E-state index in [1.807, 2.05) is 32.0 Å². The summed E-state index contributed by atoms with van der Waals surface area (Å²) < 4.78 is 0. The number of nitrogens with zero attached hydrogens (tertiary/aromatic N) is 1. The van der Waals surface area contributed by atoms with Crippen molar-refractivity contribution >= 4 is 0 Å². The Morgan fingerprint density at radius 3 is 2.25 bits per heavy atom. The Balaban J connectivity index is 3.04. The van der Waals surface area contributed by atoms with E-state index < -0.39 is 0 Å². The predicted molar refractivity (Wildman–Crippen MR) is 46.6 cm³/mol. The van der Waals surface area contributed by atoms with Gasteiger partial charge in [0.2, 0.25) is 6.54 Å². The molecule has 3 nitrogen and oxygen atoms in total. The standard InChI is InChI=1S/C9H11NO2/c1-7-4-3-5-8(2)9(7)6-10(11)12/h3-5H,6H2,1-2H3. The van der Waals surface area contributed by atoms with Crippen molar-refractivity contribution in [2.75, 3.05) is 0 Å². The second-order valence-electron chi connectivity index (χ2n) is 2.86. The fourth-order valence-corrected chi connectivity index (χ4v) is 1.23. The van der Waals surface area contributed by atoms with Gasteiger partial charge in [-0.1, -0.05) is 18.2 Å². The van der Waals surface area contributed by atoms with Gasteiger partial charge in [-0.25, -0.2) is 0 Å². The first-order valence-corrected chi connectivity index (χ1v) is 3.78. The van der Waals surface area contributed by atoms with Gasteiger partial charge in [-0.15, -0.1) is 0 Å². The number of hydrogen-bond donors (Lipinski definition) is 0. The molecule has 1 rings (SSSR count). The molecule has 0 N–H and O–H groups in total. The van der Waals surface area contributed by atoms with E-state index in [9.17, 15) is 10.1 Å². The average molecular weight is 165 g/mol. The van der Waals surface area contributed by atoms with Crippen LogP contribution in [0.15, 0.2) is 18.2 Å². The largest absolute Gasteiger partial charge is 0.264 e. The number of nitro groups is 1. The molecular weight excluding hydrogens is 154 g/mol. The topological polar surface area (TPSA) is 43.1 Å². The van der Waals surface area contributed by atoms with Crippen LogP contribution < -0.4 is 0 Å². The minimum absolute atomic E-state index is 0.0709. The molecule has 0 aliphatic carbocycles. The van der Waals surface area contributed by atoms with Gasteiger partial charge in [0.1, 0.15) is 0 Å². The minimum Gasteiger partial charge on any atom is -0.264 e. The van der Waals surface area contributed by atoms with Crippen LogP contribution >= 0.6 is 0 Å². The van der Waals surface area contributed by atoms with E-state index in [-0.39, 0.29) is 11.5 Å². The molecule has 0 bridgehead atoms. The summed E-state index contributed by atoms with van der Waals surface area (Å²) in [6.07, 6.45) is 0. The Hall–Kier alpha value is -1.38. The van der Waals surface area contributed by atoms with Gasteiger partial charge in [0.15, 0.2) is 0 Å². The molecule has 12 heavy (non-hydrogen) atoms. The molecule has 1 aromatic rings. The zero-order chi connectivity index (χ0) is 9.14. The quantitative estimate of drug-likeness (QED) is 0.497. The Labute approximate surface area is 71.2 Å². The van der Waals surface area contributed by atoms with Crippen molar-refractivity contribution in [2.45, 2.75) is 20.4 Å². The predicted octanol–water partition coefficient (Wildman–Crippen LogP) is 2.08. The SMILES string of the molecule is Cc1cccc(C)c1C[N+](=O)[O-]. The molecule has 64 valence electrons. The molecule has 1 aromatic carbocycles. The van der Waals surface area contributed by atoms with Crippen LogP contribution in [0.5, 0.6) is 0 Å². The summed E-state index contributed by atoms with van der Waals surface area (Å²) in [5.41, 5.74) is 2.82. The molecule has 0 heterocycles. The third kappa shape index (κ3) is 1.81. The molecular formula is C9H11NO2. The Morgan fingerprint density at radius 1 is 1.33 bits per heavy atom. The maximum absolute atomic E-state index is 10.3. The fraction of sp³-hybridized carbons (Fsp3) is 0.333. The van der Waals surface area contributed by atoms with Crippen molar-refractivity contribution < 1.29 is 4.92 Å². The smallest absolute Gasteiger partial charge is 0.229 e. The fourth-order valence-electron chi connectivity index (χ4n) is 1.23. The van der Waals surface area contributed by atoms with E-state index >= 15 is 0 Å². The summed E-state index contributed by atoms with van der Waals surface area (Å²) >= 11 is 0. The molecule has 0 saturated carbocycles. The highest BCUT2D eigenvalue weighted by Crippen LogP contribution is 2.13. The molecule has 0 aromatic heterocycles. The van der Waals surface area contributed by atoms with Crippen molar-refractivity contribution in [1.82, 2.24) is 0 Å². The molecule has 0 aliphatic rings. The Morgan fingerprint density at radius 2 is 1.83 bits per heavy atom.